The minimum absolute atomic E-state index is 0.0351. The maximum Gasteiger partial charge on any atom is 0.318 e. The van der Waals surface area contributed by atoms with Crippen molar-refractivity contribution >= 4 is 17.6 Å². The Morgan fingerprint density at radius 2 is 1.20 bits per heavy atom. The Morgan fingerprint density at radius 3 is 1.69 bits per heavy atom. The van der Waals surface area contributed by atoms with Gasteiger partial charge in [0.2, 0.25) is 5.91 Å². The fraction of sp³-hybridized carbons (Fsp3) is 0.220. The zero-order chi connectivity index (χ0) is 34.2. The summed E-state index contributed by atoms with van der Waals surface area (Å²) in [5.41, 5.74) is 4.09. The minimum atomic E-state index is -0.561. The number of carbonyl (C=O) groups excluding carboxylic acids is 2. The van der Waals surface area contributed by atoms with Crippen LogP contribution in [0.2, 0.25) is 0 Å². The van der Waals surface area contributed by atoms with Gasteiger partial charge in [-0.3, -0.25) is 24.6 Å². The second-order valence-corrected chi connectivity index (χ2v) is 12.4. The maximum absolute atomic E-state index is 14.5. The van der Waals surface area contributed by atoms with Gasteiger partial charge in [0.1, 0.15) is 12.0 Å². The molecule has 1 fully saturated rings. The van der Waals surface area contributed by atoms with Crippen molar-refractivity contribution in [2.45, 2.75) is 30.4 Å². The minimum Gasteiger partial charge on any atom is -0.460 e. The first-order valence-electron chi connectivity index (χ1n) is 16.5. The molecule has 8 nitrogen and oxygen atoms in total. The lowest BCUT2D eigenvalue weighted by Gasteiger charge is -2.34. The molecule has 6 rings (SSSR count). The molecule has 1 aliphatic heterocycles. The van der Waals surface area contributed by atoms with E-state index in [1.165, 1.54) is 6.07 Å². The number of carbonyl (C=O) groups is 2. The molecule has 1 amide bonds. The number of amides is 1. The molecule has 5 aromatic rings. The SMILES string of the molecule is CN(C(=O)C(c1ccccc1)c1ccccc1)[C@H](CN1CCC(OC(=O)C(c2ccccc2)c2ccccc2)C1)c1cccc([N+](=O)[O-])c1. The van der Waals surface area contributed by atoms with Crippen LogP contribution in [-0.2, 0) is 14.3 Å². The summed E-state index contributed by atoms with van der Waals surface area (Å²) in [5.74, 6) is -1.54. The Balaban J connectivity index is 1.24. The predicted molar refractivity (Wildman–Crippen MR) is 189 cm³/mol. The van der Waals surface area contributed by atoms with Gasteiger partial charge >= 0.3 is 5.97 Å². The third-order valence-electron chi connectivity index (χ3n) is 9.24. The van der Waals surface area contributed by atoms with Crippen LogP contribution < -0.4 is 0 Å². The summed E-state index contributed by atoms with van der Waals surface area (Å²) in [7, 11) is 1.77. The van der Waals surface area contributed by atoms with Crippen LogP contribution in [0.3, 0.4) is 0 Å². The average Bonchev–Trinajstić information content (AvgIpc) is 3.59. The summed E-state index contributed by atoms with van der Waals surface area (Å²) in [6.45, 7) is 1.54. The molecule has 0 aliphatic carbocycles. The number of nitrogens with zero attached hydrogens (tertiary/aromatic N) is 3. The van der Waals surface area contributed by atoms with E-state index in [2.05, 4.69) is 4.90 Å². The second-order valence-electron chi connectivity index (χ2n) is 12.4. The molecule has 1 heterocycles. The molecule has 0 radical (unpaired) electrons. The summed E-state index contributed by atoms with van der Waals surface area (Å²) < 4.78 is 6.16. The Labute approximate surface area is 286 Å². The molecule has 2 atom stereocenters. The Hall–Kier alpha value is -5.60. The van der Waals surface area contributed by atoms with Gasteiger partial charge in [0, 0.05) is 38.8 Å². The molecule has 8 heteroatoms. The van der Waals surface area contributed by atoms with E-state index in [1.54, 1.807) is 24.1 Å². The van der Waals surface area contributed by atoms with E-state index in [0.29, 0.717) is 31.6 Å². The van der Waals surface area contributed by atoms with Crippen LogP contribution in [0.1, 0.15) is 52.1 Å². The Bertz CT molecular complexity index is 1780. The molecule has 5 aromatic carbocycles. The smallest absolute Gasteiger partial charge is 0.318 e. The van der Waals surface area contributed by atoms with Gasteiger partial charge in [-0.25, -0.2) is 0 Å². The van der Waals surface area contributed by atoms with Crippen molar-refractivity contribution in [3.63, 3.8) is 0 Å². The van der Waals surface area contributed by atoms with Gasteiger partial charge in [0.25, 0.3) is 5.69 Å². The highest BCUT2D eigenvalue weighted by atomic mass is 16.6. The number of hydrogen-bond acceptors (Lipinski definition) is 6. The topological polar surface area (TPSA) is 93.0 Å². The van der Waals surface area contributed by atoms with Crippen molar-refractivity contribution in [3.05, 3.63) is 184 Å². The fourth-order valence-electron chi connectivity index (χ4n) is 6.71. The van der Waals surface area contributed by atoms with E-state index in [-0.39, 0.29) is 23.7 Å². The molecule has 0 aromatic heterocycles. The van der Waals surface area contributed by atoms with Gasteiger partial charge in [0.15, 0.2) is 0 Å². The van der Waals surface area contributed by atoms with Crippen LogP contribution in [0.15, 0.2) is 146 Å². The van der Waals surface area contributed by atoms with Crippen LogP contribution >= 0.6 is 0 Å². The molecule has 0 N–H and O–H groups in total. The third kappa shape index (κ3) is 7.93. The number of benzene rings is 5. The number of rotatable bonds is 12. The second kappa shape index (κ2) is 15.5. The van der Waals surface area contributed by atoms with E-state index in [4.69, 9.17) is 4.74 Å². The number of likely N-dealkylation sites (N-methyl/N-ethyl adjacent to an activating group) is 1. The van der Waals surface area contributed by atoms with Crippen molar-refractivity contribution in [2.24, 2.45) is 0 Å². The molecule has 0 saturated carbocycles. The van der Waals surface area contributed by atoms with Crippen LogP contribution in [0.25, 0.3) is 0 Å². The fourth-order valence-corrected chi connectivity index (χ4v) is 6.71. The highest BCUT2D eigenvalue weighted by Crippen LogP contribution is 2.33. The molecular weight excluding hydrogens is 614 g/mol. The van der Waals surface area contributed by atoms with Crippen molar-refractivity contribution in [2.75, 3.05) is 26.7 Å². The lowest BCUT2D eigenvalue weighted by Crippen LogP contribution is -2.41. The van der Waals surface area contributed by atoms with Crippen molar-refractivity contribution in [3.8, 4) is 0 Å². The van der Waals surface area contributed by atoms with Gasteiger partial charge in [-0.05, 0) is 34.2 Å². The average molecular weight is 654 g/mol. The van der Waals surface area contributed by atoms with E-state index in [0.717, 1.165) is 22.3 Å². The first-order chi connectivity index (χ1) is 23.9. The lowest BCUT2D eigenvalue weighted by atomic mass is 9.89. The standard InChI is InChI=1S/C41H39N3O5/c1-42(40(45)38(30-15-6-2-7-16-30)31-17-8-3-9-18-31)37(34-23-14-24-35(27-34)44(47)48)29-43-26-25-36(28-43)49-41(46)39(32-19-10-4-11-20-32)33-21-12-5-13-22-33/h2-24,27,36-39H,25-26,28-29H2,1H3/t36?,37-/m1/s1. The molecule has 1 aliphatic rings. The molecule has 1 unspecified atom stereocenters. The molecule has 248 valence electrons. The summed E-state index contributed by atoms with van der Waals surface area (Å²) >= 11 is 0. The lowest BCUT2D eigenvalue weighted by molar-refractivity contribution is -0.385. The first kappa shape index (κ1) is 33.3. The molecule has 0 spiro atoms. The number of nitro benzene ring substituents is 1. The van der Waals surface area contributed by atoms with Gasteiger partial charge in [0.05, 0.1) is 16.9 Å². The molecule has 1 saturated heterocycles. The quantitative estimate of drug-likeness (QED) is 0.0793. The van der Waals surface area contributed by atoms with E-state index >= 15 is 0 Å². The van der Waals surface area contributed by atoms with Gasteiger partial charge in [-0.15, -0.1) is 0 Å². The van der Waals surface area contributed by atoms with Gasteiger partial charge < -0.3 is 9.64 Å². The van der Waals surface area contributed by atoms with Crippen LogP contribution in [-0.4, -0.2) is 59.4 Å². The summed E-state index contributed by atoms with van der Waals surface area (Å²) in [4.78, 5) is 43.5. The summed E-state index contributed by atoms with van der Waals surface area (Å²) in [6, 6.07) is 44.6. The zero-order valence-corrected chi connectivity index (χ0v) is 27.4. The van der Waals surface area contributed by atoms with Gasteiger partial charge in [-0.1, -0.05) is 133 Å². The van der Waals surface area contributed by atoms with Gasteiger partial charge in [-0.2, -0.15) is 0 Å². The van der Waals surface area contributed by atoms with Crippen LogP contribution in [0.5, 0.6) is 0 Å². The first-order valence-corrected chi connectivity index (χ1v) is 16.5. The number of nitro groups is 1. The predicted octanol–water partition coefficient (Wildman–Crippen LogP) is 7.38. The van der Waals surface area contributed by atoms with E-state index in [9.17, 15) is 19.7 Å². The zero-order valence-electron chi connectivity index (χ0n) is 27.4. The number of hydrogen-bond donors (Lipinski definition) is 0. The molecular formula is C41H39N3O5. The van der Waals surface area contributed by atoms with E-state index in [1.807, 2.05) is 127 Å². The molecule has 0 bridgehead atoms. The van der Waals surface area contributed by atoms with E-state index < -0.39 is 22.8 Å². The van der Waals surface area contributed by atoms with Crippen LogP contribution in [0.4, 0.5) is 5.69 Å². The number of likely N-dealkylation sites (tertiary alicyclic amines) is 1. The number of ether oxygens (including phenoxy) is 1. The summed E-state index contributed by atoms with van der Waals surface area (Å²) in [6.07, 6.45) is 0.299. The van der Waals surface area contributed by atoms with Crippen molar-refractivity contribution in [1.29, 1.82) is 0 Å². The summed E-state index contributed by atoms with van der Waals surface area (Å²) in [5, 5.41) is 11.8. The van der Waals surface area contributed by atoms with Crippen LogP contribution in [0, 0.1) is 10.1 Å². The largest absolute Gasteiger partial charge is 0.460 e. The highest BCUT2D eigenvalue weighted by Gasteiger charge is 2.35. The normalized spacial score (nSPS) is 15.2. The Kier molecular flexibility index (Phi) is 10.6. The number of non-ortho nitro benzene ring substituents is 1. The Morgan fingerprint density at radius 1 is 0.735 bits per heavy atom. The molecule has 49 heavy (non-hydrogen) atoms. The third-order valence-corrected chi connectivity index (χ3v) is 9.24. The number of esters is 1. The van der Waals surface area contributed by atoms with Crippen molar-refractivity contribution in [1.82, 2.24) is 9.80 Å². The van der Waals surface area contributed by atoms with Crippen molar-refractivity contribution < 1.29 is 19.2 Å². The maximum atomic E-state index is 14.5. The monoisotopic (exact) mass is 653 g/mol. The highest BCUT2D eigenvalue weighted by molar-refractivity contribution is 5.87.